The molecule has 0 aliphatic carbocycles. The maximum Gasteiger partial charge on any atom is 0.320 e. The molecule has 0 saturated carbocycles. The number of anilines is 1. The van der Waals surface area contributed by atoms with E-state index < -0.39 is 0 Å². The van der Waals surface area contributed by atoms with Gasteiger partial charge in [0.25, 0.3) is 0 Å². The fourth-order valence-electron chi connectivity index (χ4n) is 5.09. The number of fused-ring (bicyclic) bond motifs is 1. The number of amides is 2. The number of carbonyl (C=O) groups is 1. The van der Waals surface area contributed by atoms with Gasteiger partial charge in [-0.25, -0.2) is 4.79 Å². The van der Waals surface area contributed by atoms with Gasteiger partial charge in [0.2, 0.25) is 5.95 Å². The highest BCUT2D eigenvalue weighted by atomic mass is 16.2. The van der Waals surface area contributed by atoms with E-state index in [0.29, 0.717) is 11.8 Å². The molecular formula is C23H27N7O. The van der Waals surface area contributed by atoms with Gasteiger partial charge in [0, 0.05) is 45.6 Å². The first-order chi connectivity index (χ1) is 15.0. The second-order valence-electron chi connectivity index (χ2n) is 8.69. The normalized spacial score (nSPS) is 22.6. The van der Waals surface area contributed by atoms with Crippen LogP contribution in [0, 0.1) is 18.8 Å². The summed E-state index contributed by atoms with van der Waals surface area (Å²) in [7, 11) is 3.65. The van der Waals surface area contributed by atoms with E-state index in [1.54, 1.807) is 9.58 Å². The number of rotatable bonds is 3. The van der Waals surface area contributed by atoms with Crippen LogP contribution in [0.4, 0.5) is 10.7 Å². The Balaban J connectivity index is 1.47. The van der Waals surface area contributed by atoms with Crippen molar-refractivity contribution in [3.8, 4) is 5.69 Å². The van der Waals surface area contributed by atoms with Crippen molar-refractivity contribution in [2.24, 2.45) is 11.8 Å². The summed E-state index contributed by atoms with van der Waals surface area (Å²) in [6.07, 6.45) is 0. The highest BCUT2D eigenvalue weighted by molar-refractivity contribution is 5.75. The second-order valence-corrected chi connectivity index (χ2v) is 8.69. The van der Waals surface area contributed by atoms with Crippen molar-refractivity contribution in [2.75, 3.05) is 38.6 Å². The summed E-state index contributed by atoms with van der Waals surface area (Å²) in [5, 5.41) is 12.5. The minimum Gasteiger partial charge on any atom is -0.339 e. The van der Waals surface area contributed by atoms with Crippen LogP contribution in [0.5, 0.6) is 0 Å². The molecule has 2 amide bonds. The molecule has 2 aliphatic rings. The van der Waals surface area contributed by atoms with Gasteiger partial charge >= 0.3 is 6.03 Å². The molecule has 0 spiro atoms. The minimum atomic E-state index is 0.0483. The van der Waals surface area contributed by atoms with Gasteiger partial charge in [0.15, 0.2) is 0 Å². The first kappa shape index (κ1) is 19.5. The first-order valence-corrected chi connectivity index (χ1v) is 10.7. The second kappa shape index (κ2) is 7.68. The topological polar surface area (TPSA) is 70.4 Å². The molecule has 0 unspecified atom stereocenters. The summed E-state index contributed by atoms with van der Waals surface area (Å²) in [4.78, 5) is 19.0. The average Bonchev–Trinajstić information content (AvgIpc) is 3.48. The lowest BCUT2D eigenvalue weighted by Crippen LogP contribution is -2.41. The predicted molar refractivity (Wildman–Crippen MR) is 118 cm³/mol. The van der Waals surface area contributed by atoms with Gasteiger partial charge in [-0.05, 0) is 40.6 Å². The van der Waals surface area contributed by atoms with E-state index in [-0.39, 0.29) is 12.1 Å². The van der Waals surface area contributed by atoms with Crippen LogP contribution in [0.3, 0.4) is 0 Å². The van der Waals surface area contributed by atoms with Crippen LogP contribution >= 0.6 is 0 Å². The number of nitrogens with zero attached hydrogens (tertiary/aromatic N) is 7. The maximum absolute atomic E-state index is 13.0. The van der Waals surface area contributed by atoms with Crippen molar-refractivity contribution in [1.82, 2.24) is 30.0 Å². The molecule has 3 aromatic rings. The van der Waals surface area contributed by atoms with Crippen LogP contribution in [-0.2, 0) is 0 Å². The molecule has 31 heavy (non-hydrogen) atoms. The standard InChI is InChI=1S/C23H27N7O/c1-16-9-7-8-12-19(16)21-20-15-28(13-17(20)14-29(21)23(31)27(2)3)22-24-25-26-30(22)18-10-5-4-6-11-18/h4-12,17,20-21H,13-15H2,1-3H3/t17-,20-,21+/m1/s1. The molecule has 1 aromatic heterocycles. The molecule has 0 bridgehead atoms. The summed E-state index contributed by atoms with van der Waals surface area (Å²) >= 11 is 0. The molecule has 8 heteroatoms. The van der Waals surface area contributed by atoms with Crippen LogP contribution in [0.2, 0.25) is 0 Å². The molecular weight excluding hydrogens is 390 g/mol. The average molecular weight is 418 g/mol. The number of aryl methyl sites for hydroxylation is 1. The monoisotopic (exact) mass is 417 g/mol. The number of likely N-dealkylation sites (tertiary alicyclic amines) is 1. The van der Waals surface area contributed by atoms with E-state index in [2.05, 4.69) is 56.5 Å². The lowest BCUT2D eigenvalue weighted by Gasteiger charge is -2.32. The minimum absolute atomic E-state index is 0.0483. The summed E-state index contributed by atoms with van der Waals surface area (Å²) in [6, 6.07) is 18.5. The molecule has 2 fully saturated rings. The number of benzene rings is 2. The van der Waals surface area contributed by atoms with Crippen molar-refractivity contribution in [3.05, 3.63) is 65.7 Å². The van der Waals surface area contributed by atoms with Crippen LogP contribution in [0.15, 0.2) is 54.6 Å². The van der Waals surface area contributed by atoms with Crippen LogP contribution in [-0.4, -0.2) is 69.8 Å². The SMILES string of the molecule is Cc1ccccc1[C@H]1[C@@H]2CN(c3nnnn3-c3ccccc3)C[C@@H]2CN1C(=O)N(C)C. The van der Waals surface area contributed by atoms with Gasteiger partial charge in [-0.3, -0.25) is 0 Å². The number of para-hydroxylation sites is 1. The van der Waals surface area contributed by atoms with Gasteiger partial charge in [-0.1, -0.05) is 47.6 Å². The van der Waals surface area contributed by atoms with Crippen molar-refractivity contribution in [1.29, 1.82) is 0 Å². The third-order valence-corrected chi connectivity index (χ3v) is 6.54. The Bertz CT molecular complexity index is 1080. The molecule has 3 atom stereocenters. The van der Waals surface area contributed by atoms with E-state index in [0.717, 1.165) is 31.3 Å². The van der Waals surface area contributed by atoms with Gasteiger partial charge in [0.1, 0.15) is 0 Å². The van der Waals surface area contributed by atoms with Crippen molar-refractivity contribution < 1.29 is 4.79 Å². The zero-order chi connectivity index (χ0) is 21.5. The van der Waals surface area contributed by atoms with Crippen molar-refractivity contribution >= 4 is 12.0 Å². The molecule has 0 radical (unpaired) electrons. The van der Waals surface area contributed by atoms with Gasteiger partial charge in [0.05, 0.1) is 11.7 Å². The number of hydrogen-bond acceptors (Lipinski definition) is 5. The molecule has 2 aliphatic heterocycles. The number of hydrogen-bond donors (Lipinski definition) is 0. The third-order valence-electron chi connectivity index (χ3n) is 6.54. The van der Waals surface area contributed by atoms with E-state index >= 15 is 0 Å². The fraction of sp³-hybridized carbons (Fsp3) is 0.391. The molecule has 160 valence electrons. The Morgan fingerprint density at radius 2 is 1.74 bits per heavy atom. The molecule has 8 nitrogen and oxygen atoms in total. The zero-order valence-electron chi connectivity index (χ0n) is 18.1. The fourth-order valence-corrected chi connectivity index (χ4v) is 5.09. The predicted octanol–water partition coefficient (Wildman–Crippen LogP) is 2.76. The molecule has 3 heterocycles. The highest BCUT2D eigenvalue weighted by Crippen LogP contribution is 2.46. The quantitative estimate of drug-likeness (QED) is 0.655. The first-order valence-electron chi connectivity index (χ1n) is 10.7. The zero-order valence-corrected chi connectivity index (χ0v) is 18.1. The van der Waals surface area contributed by atoms with Crippen molar-refractivity contribution in [3.63, 3.8) is 0 Å². The maximum atomic E-state index is 13.0. The van der Waals surface area contributed by atoms with E-state index in [1.807, 2.05) is 44.4 Å². The largest absolute Gasteiger partial charge is 0.339 e. The number of urea groups is 1. The molecule has 0 N–H and O–H groups in total. The number of aromatic nitrogens is 4. The van der Waals surface area contributed by atoms with E-state index in [9.17, 15) is 4.79 Å². The molecule has 5 rings (SSSR count). The van der Waals surface area contributed by atoms with Crippen LogP contribution < -0.4 is 4.90 Å². The Kier molecular flexibility index (Phi) is 4.84. The Morgan fingerprint density at radius 1 is 1.00 bits per heavy atom. The lowest BCUT2D eigenvalue weighted by atomic mass is 9.88. The third kappa shape index (κ3) is 3.32. The lowest BCUT2D eigenvalue weighted by molar-refractivity contribution is 0.159. The smallest absolute Gasteiger partial charge is 0.320 e. The van der Waals surface area contributed by atoms with E-state index in [4.69, 9.17) is 0 Å². The Labute approximate surface area is 182 Å². The highest BCUT2D eigenvalue weighted by Gasteiger charge is 2.50. The molecule has 2 aromatic carbocycles. The summed E-state index contributed by atoms with van der Waals surface area (Å²) < 4.78 is 1.80. The van der Waals surface area contributed by atoms with E-state index in [1.165, 1.54) is 11.1 Å². The Hall–Kier alpha value is -3.42. The summed E-state index contributed by atoms with van der Waals surface area (Å²) in [5.74, 6) is 1.45. The molecule has 2 saturated heterocycles. The van der Waals surface area contributed by atoms with Gasteiger partial charge in [-0.15, -0.1) is 0 Å². The summed E-state index contributed by atoms with van der Waals surface area (Å²) in [5.41, 5.74) is 3.39. The summed E-state index contributed by atoms with van der Waals surface area (Å²) in [6.45, 7) is 4.51. The van der Waals surface area contributed by atoms with Gasteiger partial charge < -0.3 is 14.7 Å². The van der Waals surface area contributed by atoms with Gasteiger partial charge in [-0.2, -0.15) is 4.68 Å². The number of carbonyl (C=O) groups excluding carboxylic acids is 1. The Morgan fingerprint density at radius 3 is 2.48 bits per heavy atom. The number of tetrazole rings is 1. The van der Waals surface area contributed by atoms with Crippen LogP contribution in [0.25, 0.3) is 5.69 Å². The van der Waals surface area contributed by atoms with Crippen LogP contribution in [0.1, 0.15) is 17.2 Å². The van der Waals surface area contributed by atoms with Crippen molar-refractivity contribution in [2.45, 2.75) is 13.0 Å².